The highest BCUT2D eigenvalue weighted by molar-refractivity contribution is 5.91. The highest BCUT2D eigenvalue weighted by Gasteiger charge is 2.08. The van der Waals surface area contributed by atoms with Crippen LogP contribution < -0.4 is 16.2 Å². The summed E-state index contributed by atoms with van der Waals surface area (Å²) in [6.45, 7) is 3.66. The summed E-state index contributed by atoms with van der Waals surface area (Å²) >= 11 is 0. The summed E-state index contributed by atoms with van der Waals surface area (Å²) in [4.78, 5) is 15.8. The standard InChI is InChI=1S/C16H15N3O2/c1-2-11-3-9-14(10-4-11)21-15(20)12-5-7-13(8-6-12)19-16(17)18/h2-10H,1H2,(H4,17,18,19). The Hall–Kier alpha value is -3.08. The fourth-order valence-electron chi connectivity index (χ4n) is 1.66. The number of nitrogens with zero attached hydrogens (tertiary/aromatic N) is 1. The van der Waals surface area contributed by atoms with Crippen molar-refractivity contribution in [1.82, 2.24) is 0 Å². The van der Waals surface area contributed by atoms with E-state index in [1.807, 2.05) is 12.1 Å². The Morgan fingerprint density at radius 2 is 1.67 bits per heavy atom. The fraction of sp³-hybridized carbons (Fsp3) is 0. The molecule has 21 heavy (non-hydrogen) atoms. The predicted octanol–water partition coefficient (Wildman–Crippen LogP) is 2.45. The van der Waals surface area contributed by atoms with Gasteiger partial charge in [-0.15, -0.1) is 0 Å². The zero-order valence-corrected chi connectivity index (χ0v) is 11.3. The van der Waals surface area contributed by atoms with Crippen LogP contribution in [0.25, 0.3) is 6.08 Å². The molecule has 0 fully saturated rings. The Morgan fingerprint density at radius 1 is 1.05 bits per heavy atom. The lowest BCUT2D eigenvalue weighted by Gasteiger charge is -2.05. The van der Waals surface area contributed by atoms with Crippen molar-refractivity contribution >= 4 is 23.7 Å². The third kappa shape index (κ3) is 3.94. The van der Waals surface area contributed by atoms with Crippen LogP contribution >= 0.6 is 0 Å². The van der Waals surface area contributed by atoms with Gasteiger partial charge in [-0.25, -0.2) is 9.79 Å². The number of nitrogens with two attached hydrogens (primary N) is 2. The predicted molar refractivity (Wildman–Crippen MR) is 83.4 cm³/mol. The van der Waals surface area contributed by atoms with E-state index >= 15 is 0 Å². The second kappa shape index (κ2) is 6.38. The summed E-state index contributed by atoms with van der Waals surface area (Å²) in [5.74, 6) is -0.0101. The van der Waals surface area contributed by atoms with Crippen LogP contribution in [0.15, 0.2) is 60.1 Å². The molecule has 5 nitrogen and oxygen atoms in total. The normalized spacial score (nSPS) is 9.71. The van der Waals surface area contributed by atoms with E-state index in [-0.39, 0.29) is 5.96 Å². The molecule has 4 N–H and O–H groups in total. The van der Waals surface area contributed by atoms with Gasteiger partial charge in [0, 0.05) is 0 Å². The fourth-order valence-corrected chi connectivity index (χ4v) is 1.66. The number of rotatable bonds is 4. The van der Waals surface area contributed by atoms with Gasteiger partial charge >= 0.3 is 5.97 Å². The summed E-state index contributed by atoms with van der Waals surface area (Å²) in [5.41, 5.74) is 12.5. The third-order valence-electron chi connectivity index (χ3n) is 2.69. The number of carbonyl (C=O) groups excluding carboxylic acids is 1. The van der Waals surface area contributed by atoms with Crippen LogP contribution in [0.3, 0.4) is 0 Å². The molecule has 0 saturated heterocycles. The number of hydrogen-bond donors (Lipinski definition) is 2. The monoisotopic (exact) mass is 281 g/mol. The van der Waals surface area contributed by atoms with E-state index < -0.39 is 5.97 Å². The van der Waals surface area contributed by atoms with Gasteiger partial charge in [0.1, 0.15) is 5.75 Å². The molecule has 0 saturated carbocycles. The molecule has 2 aromatic carbocycles. The zero-order valence-electron chi connectivity index (χ0n) is 11.3. The molecule has 5 heteroatoms. The van der Waals surface area contributed by atoms with Gasteiger partial charge in [0.25, 0.3) is 0 Å². The highest BCUT2D eigenvalue weighted by atomic mass is 16.5. The van der Waals surface area contributed by atoms with Gasteiger partial charge < -0.3 is 16.2 Å². The molecular formula is C16H15N3O2. The summed E-state index contributed by atoms with van der Waals surface area (Å²) < 4.78 is 5.26. The summed E-state index contributed by atoms with van der Waals surface area (Å²) in [5, 5.41) is 0. The Bertz CT molecular complexity index is 670. The molecule has 0 aromatic heterocycles. The van der Waals surface area contributed by atoms with E-state index in [2.05, 4.69) is 11.6 Å². The van der Waals surface area contributed by atoms with Crippen molar-refractivity contribution in [3.63, 3.8) is 0 Å². The van der Waals surface area contributed by atoms with E-state index in [1.165, 1.54) is 0 Å². The lowest BCUT2D eigenvalue weighted by molar-refractivity contribution is 0.0735. The van der Waals surface area contributed by atoms with Crippen LogP contribution in [0.4, 0.5) is 5.69 Å². The lowest BCUT2D eigenvalue weighted by atomic mass is 10.2. The van der Waals surface area contributed by atoms with Crippen molar-refractivity contribution in [2.24, 2.45) is 16.5 Å². The van der Waals surface area contributed by atoms with Crippen LogP contribution in [0, 0.1) is 0 Å². The van der Waals surface area contributed by atoms with Crippen molar-refractivity contribution in [2.75, 3.05) is 0 Å². The molecule has 0 spiro atoms. The first-order chi connectivity index (χ1) is 10.1. The molecule has 0 aliphatic heterocycles. The average molecular weight is 281 g/mol. The third-order valence-corrected chi connectivity index (χ3v) is 2.69. The number of ether oxygens (including phenoxy) is 1. The Labute approximate surface area is 122 Å². The number of esters is 1. The minimum atomic E-state index is -0.447. The molecule has 0 aliphatic carbocycles. The Kier molecular flexibility index (Phi) is 4.36. The Balaban J connectivity index is 2.08. The van der Waals surface area contributed by atoms with E-state index in [1.54, 1.807) is 42.5 Å². The summed E-state index contributed by atoms with van der Waals surface area (Å²) in [6, 6.07) is 13.5. The molecule has 2 aromatic rings. The van der Waals surface area contributed by atoms with E-state index in [0.717, 1.165) is 5.56 Å². The molecule has 0 amide bonds. The molecule has 0 atom stereocenters. The quantitative estimate of drug-likeness (QED) is 0.390. The number of benzene rings is 2. The second-order valence-corrected chi connectivity index (χ2v) is 4.25. The van der Waals surface area contributed by atoms with Crippen LogP contribution in [-0.2, 0) is 0 Å². The second-order valence-electron chi connectivity index (χ2n) is 4.25. The number of aliphatic imine (C=N–C) groups is 1. The van der Waals surface area contributed by atoms with Gasteiger partial charge in [0.2, 0.25) is 0 Å². The SMILES string of the molecule is C=Cc1ccc(OC(=O)c2ccc(N=C(N)N)cc2)cc1. The molecule has 0 aliphatic rings. The van der Waals surface area contributed by atoms with Gasteiger partial charge in [0.05, 0.1) is 11.3 Å². The molecular weight excluding hydrogens is 266 g/mol. The van der Waals surface area contributed by atoms with Gasteiger partial charge in [-0.1, -0.05) is 24.8 Å². The first-order valence-electron chi connectivity index (χ1n) is 6.23. The molecule has 0 unspecified atom stereocenters. The lowest BCUT2D eigenvalue weighted by Crippen LogP contribution is -2.21. The highest BCUT2D eigenvalue weighted by Crippen LogP contribution is 2.17. The minimum Gasteiger partial charge on any atom is -0.423 e. The molecule has 0 heterocycles. The number of carbonyl (C=O) groups is 1. The van der Waals surface area contributed by atoms with Gasteiger partial charge in [-0.05, 0) is 42.0 Å². The van der Waals surface area contributed by atoms with Gasteiger partial charge in [-0.2, -0.15) is 0 Å². The van der Waals surface area contributed by atoms with Crippen LogP contribution in [0.5, 0.6) is 5.75 Å². The number of guanidine groups is 1. The average Bonchev–Trinajstić information content (AvgIpc) is 2.48. The van der Waals surface area contributed by atoms with E-state index in [9.17, 15) is 4.79 Å². The summed E-state index contributed by atoms with van der Waals surface area (Å²) in [7, 11) is 0. The molecule has 0 radical (unpaired) electrons. The smallest absolute Gasteiger partial charge is 0.343 e. The van der Waals surface area contributed by atoms with Gasteiger partial charge in [0.15, 0.2) is 5.96 Å². The van der Waals surface area contributed by atoms with Crippen molar-refractivity contribution < 1.29 is 9.53 Å². The van der Waals surface area contributed by atoms with Crippen molar-refractivity contribution in [2.45, 2.75) is 0 Å². The topological polar surface area (TPSA) is 90.7 Å². The van der Waals surface area contributed by atoms with E-state index in [4.69, 9.17) is 16.2 Å². The van der Waals surface area contributed by atoms with Crippen LogP contribution in [0.2, 0.25) is 0 Å². The van der Waals surface area contributed by atoms with Crippen LogP contribution in [-0.4, -0.2) is 11.9 Å². The molecule has 2 rings (SSSR count). The zero-order chi connectivity index (χ0) is 15.2. The maximum absolute atomic E-state index is 12.0. The summed E-state index contributed by atoms with van der Waals surface area (Å²) in [6.07, 6.45) is 1.72. The van der Waals surface area contributed by atoms with Crippen molar-refractivity contribution in [1.29, 1.82) is 0 Å². The van der Waals surface area contributed by atoms with Crippen molar-refractivity contribution in [3.05, 3.63) is 66.2 Å². The maximum atomic E-state index is 12.0. The first-order valence-corrected chi connectivity index (χ1v) is 6.23. The molecule has 0 bridgehead atoms. The van der Waals surface area contributed by atoms with Crippen LogP contribution in [0.1, 0.15) is 15.9 Å². The van der Waals surface area contributed by atoms with Gasteiger partial charge in [-0.3, -0.25) is 0 Å². The minimum absolute atomic E-state index is 0.0346. The number of hydrogen-bond acceptors (Lipinski definition) is 3. The first kappa shape index (κ1) is 14.3. The largest absolute Gasteiger partial charge is 0.423 e. The Morgan fingerprint density at radius 3 is 2.19 bits per heavy atom. The van der Waals surface area contributed by atoms with E-state index in [0.29, 0.717) is 17.0 Å². The maximum Gasteiger partial charge on any atom is 0.343 e. The molecule has 106 valence electrons. The van der Waals surface area contributed by atoms with Crippen molar-refractivity contribution in [3.8, 4) is 5.75 Å².